The average Bonchev–Trinajstić information content (AvgIpc) is 2.41. The van der Waals surface area contributed by atoms with Crippen molar-refractivity contribution in [2.45, 2.75) is 20.1 Å². The van der Waals surface area contributed by atoms with Gasteiger partial charge in [0.2, 0.25) is 0 Å². The third-order valence-corrected chi connectivity index (χ3v) is 3.38. The first-order chi connectivity index (χ1) is 9.10. The molecule has 0 fully saturated rings. The van der Waals surface area contributed by atoms with Gasteiger partial charge in [-0.05, 0) is 36.8 Å². The molecule has 1 heterocycles. The van der Waals surface area contributed by atoms with Gasteiger partial charge in [-0.25, -0.2) is 0 Å². The lowest BCUT2D eigenvalue weighted by molar-refractivity contribution is 0.301. The Morgan fingerprint density at radius 1 is 1.16 bits per heavy atom. The van der Waals surface area contributed by atoms with Gasteiger partial charge in [-0.1, -0.05) is 29.3 Å². The van der Waals surface area contributed by atoms with Gasteiger partial charge >= 0.3 is 0 Å². The van der Waals surface area contributed by atoms with Gasteiger partial charge in [-0.2, -0.15) is 0 Å². The van der Waals surface area contributed by atoms with Crippen LogP contribution in [-0.4, -0.2) is 4.98 Å². The molecule has 0 spiro atoms. The topological polar surface area (TPSA) is 48.1 Å². The molecular weight excluding hydrogens is 283 g/mol. The Morgan fingerprint density at radius 3 is 2.63 bits per heavy atom. The standard InChI is InChI=1S/C14H14Cl2N2O/c1-9-2-5-14(13(7-17)18-9)19-8-10-3-4-11(15)12(16)6-10/h2-6H,7-8,17H2,1H3. The number of nitrogens with two attached hydrogens (primary N) is 1. The van der Waals surface area contributed by atoms with E-state index in [0.29, 0.717) is 28.9 Å². The largest absolute Gasteiger partial charge is 0.487 e. The molecule has 0 unspecified atom stereocenters. The highest BCUT2D eigenvalue weighted by Gasteiger charge is 2.05. The summed E-state index contributed by atoms with van der Waals surface area (Å²) >= 11 is 11.8. The summed E-state index contributed by atoms with van der Waals surface area (Å²) in [6.45, 7) is 2.66. The van der Waals surface area contributed by atoms with Gasteiger partial charge in [0.25, 0.3) is 0 Å². The van der Waals surface area contributed by atoms with E-state index in [9.17, 15) is 0 Å². The van der Waals surface area contributed by atoms with Crippen molar-refractivity contribution in [3.63, 3.8) is 0 Å². The Kier molecular flexibility index (Phi) is 4.64. The molecule has 2 rings (SSSR count). The van der Waals surface area contributed by atoms with Crippen molar-refractivity contribution < 1.29 is 4.74 Å². The number of benzene rings is 1. The fraction of sp³-hybridized carbons (Fsp3) is 0.214. The zero-order chi connectivity index (χ0) is 13.8. The maximum atomic E-state index is 5.96. The lowest BCUT2D eigenvalue weighted by atomic mass is 10.2. The number of nitrogens with zero attached hydrogens (tertiary/aromatic N) is 1. The molecule has 100 valence electrons. The van der Waals surface area contributed by atoms with Crippen LogP contribution in [0.4, 0.5) is 0 Å². The van der Waals surface area contributed by atoms with Gasteiger partial charge in [0.1, 0.15) is 12.4 Å². The van der Waals surface area contributed by atoms with Gasteiger partial charge in [0.15, 0.2) is 0 Å². The molecule has 1 aromatic carbocycles. The molecule has 3 nitrogen and oxygen atoms in total. The third-order valence-electron chi connectivity index (χ3n) is 2.64. The van der Waals surface area contributed by atoms with Crippen molar-refractivity contribution in [1.29, 1.82) is 0 Å². The van der Waals surface area contributed by atoms with Gasteiger partial charge in [-0.3, -0.25) is 4.98 Å². The SMILES string of the molecule is Cc1ccc(OCc2ccc(Cl)c(Cl)c2)c(CN)n1. The van der Waals surface area contributed by atoms with Crippen molar-refractivity contribution in [1.82, 2.24) is 4.98 Å². The second kappa shape index (κ2) is 6.24. The summed E-state index contributed by atoms with van der Waals surface area (Å²) in [5.74, 6) is 0.694. The number of hydrogen-bond donors (Lipinski definition) is 1. The number of ether oxygens (including phenoxy) is 1. The predicted octanol–water partition coefficient (Wildman–Crippen LogP) is 3.73. The van der Waals surface area contributed by atoms with Crippen LogP contribution in [0.1, 0.15) is 17.0 Å². The second-order valence-electron chi connectivity index (χ2n) is 4.14. The minimum absolute atomic E-state index is 0.346. The van der Waals surface area contributed by atoms with Gasteiger partial charge in [0, 0.05) is 12.2 Å². The first kappa shape index (κ1) is 14.1. The van der Waals surface area contributed by atoms with E-state index in [4.69, 9.17) is 33.7 Å². The molecule has 0 atom stereocenters. The van der Waals surface area contributed by atoms with Gasteiger partial charge < -0.3 is 10.5 Å². The Hall–Kier alpha value is -1.29. The molecule has 0 bridgehead atoms. The highest BCUT2D eigenvalue weighted by molar-refractivity contribution is 6.42. The van der Waals surface area contributed by atoms with Crippen LogP contribution >= 0.6 is 23.2 Å². The van der Waals surface area contributed by atoms with E-state index in [-0.39, 0.29) is 0 Å². The molecule has 0 radical (unpaired) electrons. The van der Waals surface area contributed by atoms with Crippen molar-refractivity contribution >= 4 is 23.2 Å². The molecule has 19 heavy (non-hydrogen) atoms. The zero-order valence-corrected chi connectivity index (χ0v) is 12.0. The van der Waals surface area contributed by atoms with E-state index >= 15 is 0 Å². The zero-order valence-electron chi connectivity index (χ0n) is 10.5. The normalized spacial score (nSPS) is 10.5. The van der Waals surface area contributed by atoms with Crippen LogP contribution in [0.5, 0.6) is 5.75 Å². The summed E-state index contributed by atoms with van der Waals surface area (Å²) in [6, 6.07) is 9.18. The van der Waals surface area contributed by atoms with Crippen LogP contribution in [0.3, 0.4) is 0 Å². The van der Waals surface area contributed by atoms with E-state index in [1.807, 2.05) is 25.1 Å². The smallest absolute Gasteiger partial charge is 0.142 e. The summed E-state index contributed by atoms with van der Waals surface area (Å²) in [4.78, 5) is 4.34. The number of rotatable bonds is 4. The summed E-state index contributed by atoms with van der Waals surface area (Å²) in [5, 5.41) is 1.05. The molecule has 5 heteroatoms. The average molecular weight is 297 g/mol. The van der Waals surface area contributed by atoms with Crippen molar-refractivity contribution in [3.05, 3.63) is 57.3 Å². The van der Waals surface area contributed by atoms with E-state index in [2.05, 4.69) is 4.98 Å². The first-order valence-electron chi connectivity index (χ1n) is 5.83. The minimum Gasteiger partial charge on any atom is -0.487 e. The number of aryl methyl sites for hydroxylation is 1. The van der Waals surface area contributed by atoms with Crippen LogP contribution in [0.2, 0.25) is 10.0 Å². The summed E-state index contributed by atoms with van der Waals surface area (Å²) in [7, 11) is 0. The molecule has 0 aliphatic heterocycles. The number of aromatic nitrogens is 1. The Balaban J connectivity index is 2.12. The van der Waals surface area contributed by atoms with E-state index in [1.54, 1.807) is 12.1 Å². The number of hydrogen-bond acceptors (Lipinski definition) is 3. The Morgan fingerprint density at radius 2 is 1.95 bits per heavy atom. The fourth-order valence-electron chi connectivity index (χ4n) is 1.67. The number of pyridine rings is 1. The van der Waals surface area contributed by atoms with Crippen LogP contribution < -0.4 is 10.5 Å². The quantitative estimate of drug-likeness (QED) is 0.935. The number of halogens is 2. The minimum atomic E-state index is 0.346. The van der Waals surface area contributed by atoms with E-state index in [1.165, 1.54) is 0 Å². The van der Waals surface area contributed by atoms with E-state index < -0.39 is 0 Å². The molecule has 0 saturated heterocycles. The summed E-state index contributed by atoms with van der Waals surface area (Å²) in [5.41, 5.74) is 8.26. The van der Waals surface area contributed by atoms with Gasteiger partial charge in [0.05, 0.1) is 15.7 Å². The molecule has 0 amide bonds. The van der Waals surface area contributed by atoms with Gasteiger partial charge in [-0.15, -0.1) is 0 Å². The first-order valence-corrected chi connectivity index (χ1v) is 6.59. The highest BCUT2D eigenvalue weighted by atomic mass is 35.5. The van der Waals surface area contributed by atoms with Crippen LogP contribution in [0, 0.1) is 6.92 Å². The summed E-state index contributed by atoms with van der Waals surface area (Å²) < 4.78 is 5.72. The van der Waals surface area contributed by atoms with Crippen molar-refractivity contribution in [3.8, 4) is 5.75 Å². The predicted molar refractivity (Wildman–Crippen MR) is 77.7 cm³/mol. The maximum absolute atomic E-state index is 5.96. The lowest BCUT2D eigenvalue weighted by Gasteiger charge is -2.10. The fourth-order valence-corrected chi connectivity index (χ4v) is 1.99. The third kappa shape index (κ3) is 3.60. The maximum Gasteiger partial charge on any atom is 0.142 e. The van der Waals surface area contributed by atoms with Crippen molar-refractivity contribution in [2.75, 3.05) is 0 Å². The molecular formula is C14H14Cl2N2O. The Labute approximate surface area is 122 Å². The van der Waals surface area contributed by atoms with Crippen LogP contribution in [-0.2, 0) is 13.2 Å². The monoisotopic (exact) mass is 296 g/mol. The molecule has 0 aliphatic rings. The molecule has 2 N–H and O–H groups in total. The van der Waals surface area contributed by atoms with Crippen LogP contribution in [0.15, 0.2) is 30.3 Å². The summed E-state index contributed by atoms with van der Waals surface area (Å²) in [6.07, 6.45) is 0. The second-order valence-corrected chi connectivity index (χ2v) is 4.95. The Bertz CT molecular complexity index is 588. The molecule has 0 aliphatic carbocycles. The van der Waals surface area contributed by atoms with Crippen LogP contribution in [0.25, 0.3) is 0 Å². The van der Waals surface area contributed by atoms with E-state index in [0.717, 1.165) is 17.0 Å². The lowest BCUT2D eigenvalue weighted by Crippen LogP contribution is -2.05. The molecule has 0 saturated carbocycles. The van der Waals surface area contributed by atoms with Crippen molar-refractivity contribution in [2.24, 2.45) is 5.73 Å². The molecule has 2 aromatic rings. The highest BCUT2D eigenvalue weighted by Crippen LogP contribution is 2.24. The molecule has 1 aromatic heterocycles.